The summed E-state index contributed by atoms with van der Waals surface area (Å²) in [6.45, 7) is 2.18. The molecule has 0 aliphatic rings. The van der Waals surface area contributed by atoms with Crippen LogP contribution in [0.15, 0.2) is 78.9 Å². The van der Waals surface area contributed by atoms with E-state index in [9.17, 15) is 5.11 Å². The second-order valence-corrected chi connectivity index (χ2v) is 6.99. The minimum atomic E-state index is -0.825. The van der Waals surface area contributed by atoms with E-state index in [2.05, 4.69) is 12.1 Å². The SMILES string of the molecule is COc1ccc(C(OCC[C@H](C)O)(c2ccccc2)c2ccc(OC)cc2)cc1. The predicted molar refractivity (Wildman–Crippen MR) is 115 cm³/mol. The molecule has 3 aromatic carbocycles. The number of methoxy groups -OCH3 is 2. The van der Waals surface area contributed by atoms with Gasteiger partial charge in [0.15, 0.2) is 0 Å². The third kappa shape index (κ3) is 4.61. The van der Waals surface area contributed by atoms with E-state index in [4.69, 9.17) is 14.2 Å². The molecule has 0 spiro atoms. The van der Waals surface area contributed by atoms with Gasteiger partial charge in [-0.15, -0.1) is 0 Å². The number of hydrogen-bond donors (Lipinski definition) is 1. The Bertz CT molecular complexity index is 823. The van der Waals surface area contributed by atoms with Gasteiger partial charge in [0.25, 0.3) is 0 Å². The first-order valence-electron chi connectivity index (χ1n) is 9.76. The molecule has 3 rings (SSSR count). The summed E-state index contributed by atoms with van der Waals surface area (Å²) in [5.41, 5.74) is 2.16. The molecule has 1 atom stereocenters. The zero-order chi connectivity index (χ0) is 20.7. The molecule has 4 heteroatoms. The van der Waals surface area contributed by atoms with Gasteiger partial charge in [0.05, 0.1) is 26.9 Å². The Balaban J connectivity index is 2.18. The maximum absolute atomic E-state index is 9.78. The van der Waals surface area contributed by atoms with Crippen molar-refractivity contribution in [3.05, 3.63) is 95.6 Å². The molecule has 0 aliphatic heterocycles. The van der Waals surface area contributed by atoms with E-state index in [1.165, 1.54) is 0 Å². The van der Waals surface area contributed by atoms with Crippen molar-refractivity contribution in [1.29, 1.82) is 0 Å². The third-order valence-corrected chi connectivity index (χ3v) is 5.03. The summed E-state index contributed by atoms with van der Waals surface area (Å²) in [4.78, 5) is 0. The highest BCUT2D eigenvalue weighted by Gasteiger charge is 2.37. The molecule has 0 bridgehead atoms. The molecule has 0 saturated heterocycles. The van der Waals surface area contributed by atoms with E-state index in [0.29, 0.717) is 13.0 Å². The highest BCUT2D eigenvalue weighted by atomic mass is 16.5. The number of aliphatic hydroxyl groups excluding tert-OH is 1. The lowest BCUT2D eigenvalue weighted by atomic mass is 9.80. The molecule has 0 radical (unpaired) electrons. The fraction of sp³-hybridized carbons (Fsp3) is 0.280. The number of hydrogen-bond acceptors (Lipinski definition) is 4. The van der Waals surface area contributed by atoms with Crippen molar-refractivity contribution in [3.63, 3.8) is 0 Å². The maximum Gasteiger partial charge on any atom is 0.143 e. The van der Waals surface area contributed by atoms with Gasteiger partial charge in [0, 0.05) is 0 Å². The van der Waals surface area contributed by atoms with Crippen LogP contribution in [0.1, 0.15) is 30.0 Å². The normalized spacial score (nSPS) is 12.4. The van der Waals surface area contributed by atoms with Crippen LogP contribution in [-0.2, 0) is 10.3 Å². The molecule has 1 N–H and O–H groups in total. The fourth-order valence-electron chi connectivity index (χ4n) is 3.46. The van der Waals surface area contributed by atoms with Gasteiger partial charge in [0.2, 0.25) is 0 Å². The summed E-state index contributed by atoms with van der Waals surface area (Å²) in [7, 11) is 3.31. The van der Waals surface area contributed by atoms with E-state index < -0.39 is 11.7 Å². The first-order chi connectivity index (χ1) is 14.1. The highest BCUT2D eigenvalue weighted by molar-refractivity contribution is 5.49. The van der Waals surface area contributed by atoms with Gasteiger partial charge in [-0.1, -0.05) is 54.6 Å². The Labute approximate surface area is 172 Å². The van der Waals surface area contributed by atoms with E-state index in [0.717, 1.165) is 28.2 Å². The standard InChI is InChI=1S/C25H28O4/c1-19(26)17-18-29-25(20-7-5-4-6-8-20,21-9-13-23(27-2)14-10-21)22-11-15-24(28-3)16-12-22/h4-16,19,26H,17-18H2,1-3H3/t19-/m0/s1. The Kier molecular flexibility index (Phi) is 6.91. The Morgan fingerprint density at radius 3 is 1.59 bits per heavy atom. The van der Waals surface area contributed by atoms with Crippen LogP contribution in [0.4, 0.5) is 0 Å². The van der Waals surface area contributed by atoms with Crippen molar-refractivity contribution in [1.82, 2.24) is 0 Å². The summed E-state index contributed by atoms with van der Waals surface area (Å²) < 4.78 is 17.3. The molecule has 0 fully saturated rings. The minimum absolute atomic E-state index is 0.407. The minimum Gasteiger partial charge on any atom is -0.497 e. The number of ether oxygens (including phenoxy) is 3. The molecule has 152 valence electrons. The van der Waals surface area contributed by atoms with Gasteiger partial charge in [-0.05, 0) is 54.3 Å². The average molecular weight is 392 g/mol. The molecule has 0 aromatic heterocycles. The first kappa shape index (κ1) is 20.9. The number of benzene rings is 3. The molecule has 0 heterocycles. The average Bonchev–Trinajstić information content (AvgIpc) is 2.77. The summed E-state index contributed by atoms with van der Waals surface area (Å²) in [6.07, 6.45) is 0.108. The zero-order valence-electron chi connectivity index (χ0n) is 17.2. The van der Waals surface area contributed by atoms with Crippen molar-refractivity contribution in [2.75, 3.05) is 20.8 Å². The van der Waals surface area contributed by atoms with Crippen LogP contribution in [-0.4, -0.2) is 32.0 Å². The van der Waals surface area contributed by atoms with Crippen LogP contribution in [0, 0.1) is 0 Å². The van der Waals surface area contributed by atoms with E-state index in [1.807, 2.05) is 66.7 Å². The van der Waals surface area contributed by atoms with Crippen molar-refractivity contribution in [3.8, 4) is 11.5 Å². The predicted octanol–water partition coefficient (Wildman–Crippen LogP) is 4.78. The van der Waals surface area contributed by atoms with Crippen LogP contribution in [0.3, 0.4) is 0 Å². The van der Waals surface area contributed by atoms with E-state index in [-0.39, 0.29) is 0 Å². The quantitative estimate of drug-likeness (QED) is 0.532. The molecule has 0 aliphatic carbocycles. The third-order valence-electron chi connectivity index (χ3n) is 5.03. The number of aliphatic hydroxyl groups is 1. The molecule has 0 unspecified atom stereocenters. The molecule has 3 aromatic rings. The zero-order valence-corrected chi connectivity index (χ0v) is 17.2. The van der Waals surface area contributed by atoms with Gasteiger partial charge in [-0.3, -0.25) is 0 Å². The molecule has 0 amide bonds. The van der Waals surface area contributed by atoms with Crippen molar-refractivity contribution >= 4 is 0 Å². The Morgan fingerprint density at radius 1 is 0.724 bits per heavy atom. The second-order valence-electron chi connectivity index (χ2n) is 6.99. The largest absolute Gasteiger partial charge is 0.497 e. The van der Waals surface area contributed by atoms with Crippen molar-refractivity contribution < 1.29 is 19.3 Å². The molecule has 29 heavy (non-hydrogen) atoms. The Hall–Kier alpha value is -2.82. The summed E-state index contributed by atoms with van der Waals surface area (Å²) in [5, 5.41) is 9.78. The van der Waals surface area contributed by atoms with Gasteiger partial charge in [0.1, 0.15) is 17.1 Å². The smallest absolute Gasteiger partial charge is 0.143 e. The maximum atomic E-state index is 9.78. The molecular formula is C25H28O4. The monoisotopic (exact) mass is 392 g/mol. The summed E-state index contributed by atoms with van der Waals surface area (Å²) in [5.74, 6) is 1.57. The van der Waals surface area contributed by atoms with Gasteiger partial charge >= 0.3 is 0 Å². The summed E-state index contributed by atoms with van der Waals surface area (Å²) in [6, 6.07) is 26.0. The topological polar surface area (TPSA) is 47.9 Å². The second kappa shape index (κ2) is 9.59. The Morgan fingerprint density at radius 2 is 1.17 bits per heavy atom. The van der Waals surface area contributed by atoms with Crippen molar-refractivity contribution in [2.45, 2.75) is 25.0 Å². The summed E-state index contributed by atoms with van der Waals surface area (Å²) >= 11 is 0. The van der Waals surface area contributed by atoms with Gasteiger partial charge in [-0.2, -0.15) is 0 Å². The van der Waals surface area contributed by atoms with E-state index >= 15 is 0 Å². The van der Waals surface area contributed by atoms with Crippen LogP contribution < -0.4 is 9.47 Å². The van der Waals surface area contributed by atoms with Crippen LogP contribution in [0.2, 0.25) is 0 Å². The van der Waals surface area contributed by atoms with Crippen molar-refractivity contribution in [2.24, 2.45) is 0 Å². The van der Waals surface area contributed by atoms with E-state index in [1.54, 1.807) is 21.1 Å². The lowest BCUT2D eigenvalue weighted by Gasteiger charge is -2.36. The fourth-order valence-corrected chi connectivity index (χ4v) is 3.46. The lowest BCUT2D eigenvalue weighted by molar-refractivity contribution is -0.00302. The molecule has 4 nitrogen and oxygen atoms in total. The van der Waals surface area contributed by atoms with Crippen LogP contribution in [0.25, 0.3) is 0 Å². The number of rotatable bonds is 9. The molecular weight excluding hydrogens is 364 g/mol. The van der Waals surface area contributed by atoms with Crippen LogP contribution >= 0.6 is 0 Å². The molecule has 0 saturated carbocycles. The lowest BCUT2D eigenvalue weighted by Crippen LogP contribution is -2.33. The van der Waals surface area contributed by atoms with Gasteiger partial charge in [-0.25, -0.2) is 0 Å². The van der Waals surface area contributed by atoms with Crippen LogP contribution in [0.5, 0.6) is 11.5 Å². The van der Waals surface area contributed by atoms with Gasteiger partial charge < -0.3 is 19.3 Å². The highest BCUT2D eigenvalue weighted by Crippen LogP contribution is 2.41. The first-order valence-corrected chi connectivity index (χ1v) is 9.76.